The van der Waals surface area contributed by atoms with E-state index in [9.17, 15) is 4.79 Å². The maximum atomic E-state index is 11.6. The molecule has 0 amide bonds. The number of fused-ring (bicyclic) bond motifs is 2. The third kappa shape index (κ3) is 2.12. The highest BCUT2D eigenvalue weighted by Gasteiger charge is 2.46. The van der Waals surface area contributed by atoms with E-state index in [1.54, 1.807) is 6.92 Å². The summed E-state index contributed by atoms with van der Waals surface area (Å²) < 4.78 is 10.8. The van der Waals surface area contributed by atoms with Crippen molar-refractivity contribution in [3.8, 4) is 0 Å². The Morgan fingerprint density at radius 3 is 1.96 bits per heavy atom. The van der Waals surface area contributed by atoms with Gasteiger partial charge in [-0.1, -0.05) is 48.5 Å². The molecule has 3 aromatic carbocycles. The molecular formula is C20H18O3. The molecule has 1 saturated heterocycles. The van der Waals surface area contributed by atoms with Gasteiger partial charge in [0, 0.05) is 0 Å². The van der Waals surface area contributed by atoms with Gasteiger partial charge in [0.25, 0.3) is 0 Å². The molecule has 0 aliphatic carbocycles. The Hall–Kier alpha value is -2.39. The van der Waals surface area contributed by atoms with Crippen LogP contribution in [0.3, 0.4) is 0 Å². The fourth-order valence-electron chi connectivity index (χ4n) is 3.26. The van der Waals surface area contributed by atoms with E-state index in [2.05, 4.69) is 43.3 Å². The van der Waals surface area contributed by atoms with E-state index in [1.807, 2.05) is 12.1 Å². The minimum atomic E-state index is -0.812. The molecule has 1 unspecified atom stereocenters. The number of ether oxygens (including phenoxy) is 2. The zero-order valence-electron chi connectivity index (χ0n) is 13.3. The van der Waals surface area contributed by atoms with Gasteiger partial charge in [-0.2, -0.15) is 0 Å². The fourth-order valence-corrected chi connectivity index (χ4v) is 3.26. The van der Waals surface area contributed by atoms with Crippen LogP contribution in [0.15, 0.2) is 48.5 Å². The second kappa shape index (κ2) is 5.07. The monoisotopic (exact) mass is 306 g/mol. The normalized spacial score (nSPS) is 20.5. The molecule has 0 radical (unpaired) electrons. The molecule has 1 atom stereocenters. The van der Waals surface area contributed by atoms with Crippen molar-refractivity contribution in [3.05, 3.63) is 59.7 Å². The lowest BCUT2D eigenvalue weighted by atomic mass is 9.92. The van der Waals surface area contributed by atoms with Crippen molar-refractivity contribution < 1.29 is 14.3 Å². The second-order valence-electron chi connectivity index (χ2n) is 6.29. The molecule has 1 fully saturated rings. The van der Waals surface area contributed by atoms with Crippen molar-refractivity contribution in [2.45, 2.75) is 26.1 Å². The summed E-state index contributed by atoms with van der Waals surface area (Å²) in [5, 5.41) is 4.82. The summed E-state index contributed by atoms with van der Waals surface area (Å²) in [6.45, 7) is 4.66. The predicted molar refractivity (Wildman–Crippen MR) is 90.3 cm³/mol. The van der Waals surface area contributed by atoms with Crippen LogP contribution < -0.4 is 0 Å². The number of benzene rings is 3. The van der Waals surface area contributed by atoms with E-state index in [-0.39, 0.29) is 5.97 Å². The van der Waals surface area contributed by atoms with Gasteiger partial charge < -0.3 is 9.47 Å². The number of carbonyl (C=O) groups excluding carboxylic acids is 1. The van der Waals surface area contributed by atoms with Gasteiger partial charge in [0.2, 0.25) is 0 Å². The SMILES string of the molecule is Cc1c2ccccc2c(COC2(C)COC2=O)c2ccccc12. The van der Waals surface area contributed by atoms with Crippen LogP contribution in [0.5, 0.6) is 0 Å². The number of hydrogen-bond acceptors (Lipinski definition) is 3. The molecule has 0 saturated carbocycles. The number of cyclic esters (lactones) is 1. The molecule has 0 bridgehead atoms. The number of hydrogen-bond donors (Lipinski definition) is 0. The van der Waals surface area contributed by atoms with Crippen molar-refractivity contribution in [3.63, 3.8) is 0 Å². The first-order valence-electron chi connectivity index (χ1n) is 7.80. The van der Waals surface area contributed by atoms with E-state index < -0.39 is 5.60 Å². The number of esters is 1. The highest BCUT2D eigenvalue weighted by molar-refractivity contribution is 6.05. The van der Waals surface area contributed by atoms with Crippen molar-refractivity contribution >= 4 is 27.5 Å². The first-order valence-corrected chi connectivity index (χ1v) is 7.80. The lowest BCUT2D eigenvalue weighted by molar-refractivity contribution is -0.213. The predicted octanol–water partition coefficient (Wildman–Crippen LogP) is 4.13. The number of carbonyl (C=O) groups is 1. The molecule has 0 aromatic heterocycles. The van der Waals surface area contributed by atoms with Gasteiger partial charge in [-0.25, -0.2) is 4.79 Å². The zero-order valence-corrected chi connectivity index (χ0v) is 13.3. The molecular weight excluding hydrogens is 288 g/mol. The summed E-state index contributed by atoms with van der Waals surface area (Å²) in [6.07, 6.45) is 0. The van der Waals surface area contributed by atoms with Crippen molar-refractivity contribution in [2.75, 3.05) is 6.61 Å². The molecule has 3 heteroatoms. The highest BCUT2D eigenvalue weighted by Crippen LogP contribution is 2.34. The minimum absolute atomic E-state index is 0.279. The molecule has 0 spiro atoms. The van der Waals surface area contributed by atoms with E-state index in [0.717, 1.165) is 5.56 Å². The Kier molecular flexibility index (Phi) is 3.13. The lowest BCUT2D eigenvalue weighted by Crippen LogP contribution is -2.54. The Labute approximate surface area is 134 Å². The van der Waals surface area contributed by atoms with Crippen LogP contribution in [0.2, 0.25) is 0 Å². The van der Waals surface area contributed by atoms with Crippen LogP contribution in [-0.4, -0.2) is 18.2 Å². The van der Waals surface area contributed by atoms with Gasteiger partial charge in [-0.05, 0) is 46.5 Å². The van der Waals surface area contributed by atoms with Crippen LogP contribution in [0.25, 0.3) is 21.5 Å². The van der Waals surface area contributed by atoms with Crippen LogP contribution in [0.4, 0.5) is 0 Å². The molecule has 4 rings (SSSR count). The van der Waals surface area contributed by atoms with Crippen LogP contribution >= 0.6 is 0 Å². The maximum Gasteiger partial charge on any atom is 0.341 e. The number of rotatable bonds is 3. The van der Waals surface area contributed by atoms with Crippen LogP contribution in [0.1, 0.15) is 18.1 Å². The Balaban J connectivity index is 1.89. The minimum Gasteiger partial charge on any atom is -0.460 e. The Morgan fingerprint density at radius 2 is 1.52 bits per heavy atom. The van der Waals surface area contributed by atoms with E-state index >= 15 is 0 Å². The topological polar surface area (TPSA) is 35.5 Å². The summed E-state index contributed by atoms with van der Waals surface area (Å²) in [5.74, 6) is -0.279. The van der Waals surface area contributed by atoms with Gasteiger partial charge >= 0.3 is 5.97 Å². The van der Waals surface area contributed by atoms with Crippen LogP contribution in [-0.2, 0) is 20.9 Å². The molecule has 3 aromatic rings. The summed E-state index contributed by atoms with van der Waals surface area (Å²) in [7, 11) is 0. The van der Waals surface area contributed by atoms with E-state index in [0.29, 0.717) is 13.2 Å². The molecule has 1 aliphatic heterocycles. The summed E-state index contributed by atoms with van der Waals surface area (Å²) in [6, 6.07) is 16.7. The molecule has 3 nitrogen and oxygen atoms in total. The second-order valence-corrected chi connectivity index (χ2v) is 6.29. The maximum absolute atomic E-state index is 11.6. The van der Waals surface area contributed by atoms with E-state index in [4.69, 9.17) is 9.47 Å². The van der Waals surface area contributed by atoms with Gasteiger partial charge in [0.05, 0.1) is 6.61 Å². The third-order valence-electron chi connectivity index (χ3n) is 4.76. The summed E-state index contributed by atoms with van der Waals surface area (Å²) in [4.78, 5) is 11.6. The van der Waals surface area contributed by atoms with Gasteiger partial charge in [0.1, 0.15) is 6.61 Å². The highest BCUT2D eigenvalue weighted by atomic mass is 16.6. The molecule has 0 N–H and O–H groups in total. The average Bonchev–Trinajstić information content (AvgIpc) is 2.60. The quantitative estimate of drug-likeness (QED) is 0.539. The van der Waals surface area contributed by atoms with Gasteiger partial charge in [-0.3, -0.25) is 0 Å². The van der Waals surface area contributed by atoms with Gasteiger partial charge in [-0.15, -0.1) is 0 Å². The molecule has 1 aliphatic rings. The van der Waals surface area contributed by atoms with Crippen molar-refractivity contribution in [1.29, 1.82) is 0 Å². The molecule has 1 heterocycles. The standard InChI is InChI=1S/C20H18O3/c1-13-14-7-3-5-9-16(14)18(17-10-6-4-8-15(13)17)11-23-20(2)12-22-19(20)21/h3-10H,11-12H2,1-2H3. The third-order valence-corrected chi connectivity index (χ3v) is 4.76. The van der Waals surface area contributed by atoms with Gasteiger partial charge in [0.15, 0.2) is 5.60 Å². The van der Waals surface area contributed by atoms with Crippen molar-refractivity contribution in [1.82, 2.24) is 0 Å². The summed E-state index contributed by atoms with van der Waals surface area (Å²) >= 11 is 0. The van der Waals surface area contributed by atoms with Crippen molar-refractivity contribution in [2.24, 2.45) is 0 Å². The largest absolute Gasteiger partial charge is 0.460 e. The average molecular weight is 306 g/mol. The number of aryl methyl sites for hydroxylation is 1. The Bertz CT molecular complexity index is 872. The first-order chi connectivity index (χ1) is 11.1. The molecule has 23 heavy (non-hydrogen) atoms. The fraction of sp³-hybridized carbons (Fsp3) is 0.250. The smallest absolute Gasteiger partial charge is 0.341 e. The first kappa shape index (κ1) is 14.2. The van der Waals surface area contributed by atoms with Crippen LogP contribution in [0, 0.1) is 6.92 Å². The summed E-state index contributed by atoms with van der Waals surface area (Å²) in [5.41, 5.74) is 1.59. The zero-order chi connectivity index (χ0) is 16.0. The lowest BCUT2D eigenvalue weighted by Gasteiger charge is -2.35. The van der Waals surface area contributed by atoms with E-state index in [1.165, 1.54) is 27.1 Å². The Morgan fingerprint density at radius 1 is 1.00 bits per heavy atom. The molecule has 116 valence electrons.